The number of benzene rings is 1. The fourth-order valence-electron chi connectivity index (χ4n) is 2.49. The van der Waals surface area contributed by atoms with E-state index in [2.05, 4.69) is 0 Å². The van der Waals surface area contributed by atoms with Crippen molar-refractivity contribution in [2.45, 2.75) is 31.9 Å². The molecule has 1 unspecified atom stereocenters. The van der Waals surface area contributed by atoms with Gasteiger partial charge in [-0.3, -0.25) is 0 Å². The molecule has 0 amide bonds. The first-order valence-electron chi connectivity index (χ1n) is 6.79. The van der Waals surface area contributed by atoms with Crippen LogP contribution < -0.4 is 0 Å². The van der Waals surface area contributed by atoms with Crippen LogP contribution in [0.5, 0.6) is 0 Å². The molecule has 20 heavy (non-hydrogen) atoms. The number of β-amino-alcohol motifs (C(OH)–C–C–N with tert-alkyl or cyclic N) is 1. The van der Waals surface area contributed by atoms with E-state index in [4.69, 9.17) is 0 Å². The number of rotatable bonds is 4. The normalized spacial score (nSPS) is 25.0. The first-order chi connectivity index (χ1) is 9.31. The molecule has 1 aromatic rings. The summed E-state index contributed by atoms with van der Waals surface area (Å²) in [6.45, 7) is 2.65. The number of hydrogen-bond acceptors (Lipinski definition) is 3. The predicted octanol–water partition coefficient (Wildman–Crippen LogP) is 1.21. The van der Waals surface area contributed by atoms with Gasteiger partial charge < -0.3 is 5.11 Å². The Morgan fingerprint density at radius 1 is 1.35 bits per heavy atom. The first-order valence-corrected chi connectivity index (χ1v) is 8.19. The number of aliphatic hydroxyl groups is 1. The van der Waals surface area contributed by atoms with E-state index in [1.54, 1.807) is 14.0 Å². The van der Waals surface area contributed by atoms with Gasteiger partial charge in [-0.25, -0.2) is 0 Å². The van der Waals surface area contributed by atoms with Crippen molar-refractivity contribution in [1.82, 2.24) is 8.61 Å². The zero-order chi connectivity index (χ0) is 14.8. The second kappa shape index (κ2) is 5.81. The SMILES string of the molecule is CN(Cc1ccccc1)S(=O)(=O)N1CCCC(C)(O)C1. The molecule has 5 nitrogen and oxygen atoms in total. The minimum Gasteiger partial charge on any atom is -0.389 e. The van der Waals surface area contributed by atoms with Crippen molar-refractivity contribution in [3.8, 4) is 0 Å². The van der Waals surface area contributed by atoms with E-state index >= 15 is 0 Å². The van der Waals surface area contributed by atoms with Crippen molar-refractivity contribution in [3.05, 3.63) is 35.9 Å². The summed E-state index contributed by atoms with van der Waals surface area (Å²) in [4.78, 5) is 0. The van der Waals surface area contributed by atoms with E-state index < -0.39 is 15.8 Å². The standard InChI is InChI=1S/C14H22N2O3S/c1-14(17)9-6-10-16(12-14)20(18,19)15(2)11-13-7-4-3-5-8-13/h3-5,7-8,17H,6,9-12H2,1-2H3. The lowest BCUT2D eigenvalue weighted by molar-refractivity contribution is 0.00794. The van der Waals surface area contributed by atoms with Gasteiger partial charge in [-0.15, -0.1) is 0 Å². The number of nitrogens with zero attached hydrogens (tertiary/aromatic N) is 2. The summed E-state index contributed by atoms with van der Waals surface area (Å²) in [5.74, 6) is 0. The molecule has 0 bridgehead atoms. The second-order valence-electron chi connectivity index (χ2n) is 5.68. The van der Waals surface area contributed by atoms with Crippen LogP contribution in [0.2, 0.25) is 0 Å². The van der Waals surface area contributed by atoms with Crippen LogP contribution >= 0.6 is 0 Å². The van der Waals surface area contributed by atoms with E-state index in [0.717, 1.165) is 5.56 Å². The highest BCUT2D eigenvalue weighted by Gasteiger charge is 2.36. The lowest BCUT2D eigenvalue weighted by atomic mass is 9.97. The van der Waals surface area contributed by atoms with Gasteiger partial charge in [0, 0.05) is 26.7 Å². The Bertz CT molecular complexity index is 543. The number of piperidine rings is 1. The van der Waals surface area contributed by atoms with Crippen LogP contribution in [-0.2, 0) is 16.8 Å². The zero-order valence-electron chi connectivity index (χ0n) is 12.0. The molecule has 0 aliphatic carbocycles. The molecule has 1 atom stereocenters. The van der Waals surface area contributed by atoms with Crippen molar-refractivity contribution < 1.29 is 13.5 Å². The summed E-state index contributed by atoms with van der Waals surface area (Å²) >= 11 is 0. The van der Waals surface area contributed by atoms with Crippen molar-refractivity contribution in [2.24, 2.45) is 0 Å². The lowest BCUT2D eigenvalue weighted by Crippen LogP contribution is -2.52. The van der Waals surface area contributed by atoms with Crippen LogP contribution in [0.25, 0.3) is 0 Å². The summed E-state index contributed by atoms with van der Waals surface area (Å²) in [6.07, 6.45) is 1.33. The largest absolute Gasteiger partial charge is 0.389 e. The summed E-state index contributed by atoms with van der Waals surface area (Å²) in [7, 11) is -1.95. The molecule has 1 aromatic carbocycles. The van der Waals surface area contributed by atoms with E-state index in [9.17, 15) is 13.5 Å². The van der Waals surface area contributed by atoms with Crippen molar-refractivity contribution in [2.75, 3.05) is 20.1 Å². The van der Waals surface area contributed by atoms with Gasteiger partial charge in [0.25, 0.3) is 10.2 Å². The molecular formula is C14H22N2O3S. The minimum absolute atomic E-state index is 0.161. The smallest absolute Gasteiger partial charge is 0.282 e. The van der Waals surface area contributed by atoms with Crippen LogP contribution in [0.3, 0.4) is 0 Å². The minimum atomic E-state index is -3.52. The van der Waals surface area contributed by atoms with Gasteiger partial charge in [0.2, 0.25) is 0 Å². The van der Waals surface area contributed by atoms with Crippen LogP contribution in [0, 0.1) is 0 Å². The summed E-state index contributed by atoms with van der Waals surface area (Å²) < 4.78 is 27.7. The second-order valence-corrected chi connectivity index (χ2v) is 7.72. The summed E-state index contributed by atoms with van der Waals surface area (Å²) in [5.41, 5.74) is 0.0150. The van der Waals surface area contributed by atoms with Crippen LogP contribution in [0.1, 0.15) is 25.3 Å². The maximum Gasteiger partial charge on any atom is 0.282 e. The molecule has 112 valence electrons. The van der Waals surface area contributed by atoms with Crippen molar-refractivity contribution in [3.63, 3.8) is 0 Å². The van der Waals surface area contributed by atoms with E-state index in [-0.39, 0.29) is 6.54 Å². The average molecular weight is 298 g/mol. The van der Waals surface area contributed by atoms with Gasteiger partial charge in [0.05, 0.1) is 5.60 Å². The topological polar surface area (TPSA) is 60.9 Å². The summed E-state index contributed by atoms with van der Waals surface area (Å²) in [5, 5.41) is 10.1. The Morgan fingerprint density at radius 2 is 2.00 bits per heavy atom. The van der Waals surface area contributed by atoms with E-state index in [1.807, 2.05) is 30.3 Å². The molecule has 0 saturated carbocycles. The maximum atomic E-state index is 12.5. The van der Waals surface area contributed by atoms with Gasteiger partial charge in [0.15, 0.2) is 0 Å². The zero-order valence-corrected chi connectivity index (χ0v) is 12.8. The maximum absolute atomic E-state index is 12.5. The molecule has 1 fully saturated rings. The molecule has 1 aliphatic heterocycles. The lowest BCUT2D eigenvalue weighted by Gasteiger charge is -2.37. The molecule has 0 spiro atoms. The Balaban J connectivity index is 2.09. The molecule has 1 saturated heterocycles. The van der Waals surface area contributed by atoms with Crippen LogP contribution in [0.15, 0.2) is 30.3 Å². The number of hydrogen-bond donors (Lipinski definition) is 1. The quantitative estimate of drug-likeness (QED) is 0.909. The first kappa shape index (κ1) is 15.4. The third kappa shape index (κ3) is 3.58. The molecule has 6 heteroatoms. The third-order valence-corrected chi connectivity index (χ3v) is 5.49. The Kier molecular flexibility index (Phi) is 4.49. The fourth-order valence-corrected chi connectivity index (χ4v) is 4.00. The molecule has 1 heterocycles. The molecule has 0 aromatic heterocycles. The molecule has 1 aliphatic rings. The van der Waals surface area contributed by atoms with Gasteiger partial charge >= 0.3 is 0 Å². The van der Waals surface area contributed by atoms with Gasteiger partial charge in [-0.2, -0.15) is 17.0 Å². The van der Waals surface area contributed by atoms with E-state index in [1.165, 1.54) is 8.61 Å². The van der Waals surface area contributed by atoms with Crippen molar-refractivity contribution >= 4 is 10.2 Å². The predicted molar refractivity (Wildman–Crippen MR) is 78.3 cm³/mol. The van der Waals surface area contributed by atoms with Crippen LogP contribution in [0.4, 0.5) is 0 Å². The fraction of sp³-hybridized carbons (Fsp3) is 0.571. The highest BCUT2D eigenvalue weighted by Crippen LogP contribution is 2.24. The monoisotopic (exact) mass is 298 g/mol. The molecule has 0 radical (unpaired) electrons. The highest BCUT2D eigenvalue weighted by atomic mass is 32.2. The molecular weight excluding hydrogens is 276 g/mol. The van der Waals surface area contributed by atoms with E-state index in [0.29, 0.717) is 25.9 Å². The van der Waals surface area contributed by atoms with Gasteiger partial charge in [-0.1, -0.05) is 30.3 Å². The Hall–Kier alpha value is -0.950. The molecule has 1 N–H and O–H groups in total. The van der Waals surface area contributed by atoms with Crippen molar-refractivity contribution in [1.29, 1.82) is 0 Å². The Labute approximate surface area is 121 Å². The summed E-state index contributed by atoms with van der Waals surface area (Å²) in [6, 6.07) is 9.49. The average Bonchev–Trinajstić information content (AvgIpc) is 2.38. The highest BCUT2D eigenvalue weighted by molar-refractivity contribution is 7.86. The molecule has 2 rings (SSSR count). The third-order valence-electron chi connectivity index (χ3n) is 3.61. The Morgan fingerprint density at radius 3 is 2.60 bits per heavy atom. The van der Waals surface area contributed by atoms with Gasteiger partial charge in [0.1, 0.15) is 0 Å². The van der Waals surface area contributed by atoms with Gasteiger partial charge in [-0.05, 0) is 25.3 Å². The van der Waals surface area contributed by atoms with Crippen LogP contribution in [-0.4, -0.2) is 47.9 Å².